The SMILES string of the molecule is Cc1cc2ccc(Br)cc2c(N)n1. The molecule has 1 aromatic heterocycles. The van der Waals surface area contributed by atoms with Crippen LogP contribution in [0.25, 0.3) is 10.8 Å². The molecular weight excluding hydrogens is 228 g/mol. The van der Waals surface area contributed by atoms with Gasteiger partial charge in [0, 0.05) is 15.6 Å². The van der Waals surface area contributed by atoms with Crippen LogP contribution in [0.5, 0.6) is 0 Å². The fourth-order valence-corrected chi connectivity index (χ4v) is 1.74. The molecule has 0 radical (unpaired) electrons. The van der Waals surface area contributed by atoms with Crippen LogP contribution in [0.4, 0.5) is 5.82 Å². The molecule has 13 heavy (non-hydrogen) atoms. The van der Waals surface area contributed by atoms with Crippen LogP contribution in [0.2, 0.25) is 0 Å². The third-order valence-corrected chi connectivity index (χ3v) is 2.45. The smallest absolute Gasteiger partial charge is 0.131 e. The first-order chi connectivity index (χ1) is 6.16. The van der Waals surface area contributed by atoms with Crippen molar-refractivity contribution in [3.05, 3.63) is 34.4 Å². The van der Waals surface area contributed by atoms with Gasteiger partial charge in [0.2, 0.25) is 0 Å². The number of benzene rings is 1. The molecule has 0 aliphatic heterocycles. The number of aromatic nitrogens is 1. The van der Waals surface area contributed by atoms with E-state index in [0.29, 0.717) is 5.82 Å². The minimum Gasteiger partial charge on any atom is -0.383 e. The molecule has 2 aromatic rings. The number of rotatable bonds is 0. The van der Waals surface area contributed by atoms with Crippen LogP contribution in [0.1, 0.15) is 5.69 Å². The highest BCUT2D eigenvalue weighted by molar-refractivity contribution is 9.10. The lowest BCUT2D eigenvalue weighted by Gasteiger charge is -2.03. The highest BCUT2D eigenvalue weighted by Crippen LogP contribution is 2.23. The van der Waals surface area contributed by atoms with Crippen molar-refractivity contribution < 1.29 is 0 Å². The van der Waals surface area contributed by atoms with Crippen LogP contribution in [-0.4, -0.2) is 4.98 Å². The second-order valence-corrected chi connectivity index (χ2v) is 3.93. The molecule has 0 saturated carbocycles. The van der Waals surface area contributed by atoms with Gasteiger partial charge in [-0.25, -0.2) is 4.98 Å². The highest BCUT2D eigenvalue weighted by atomic mass is 79.9. The van der Waals surface area contributed by atoms with E-state index in [1.54, 1.807) is 0 Å². The van der Waals surface area contributed by atoms with Gasteiger partial charge in [-0.2, -0.15) is 0 Å². The number of aryl methyl sites for hydroxylation is 1. The van der Waals surface area contributed by atoms with Crippen molar-refractivity contribution >= 4 is 32.5 Å². The number of halogens is 1. The van der Waals surface area contributed by atoms with E-state index in [1.165, 1.54) is 0 Å². The second-order valence-electron chi connectivity index (χ2n) is 3.01. The fourth-order valence-electron chi connectivity index (χ4n) is 1.38. The molecule has 0 bridgehead atoms. The summed E-state index contributed by atoms with van der Waals surface area (Å²) in [4.78, 5) is 4.20. The maximum atomic E-state index is 5.79. The van der Waals surface area contributed by atoms with Crippen molar-refractivity contribution in [2.75, 3.05) is 5.73 Å². The average molecular weight is 237 g/mol. The van der Waals surface area contributed by atoms with Crippen molar-refractivity contribution in [1.29, 1.82) is 0 Å². The average Bonchev–Trinajstić information content (AvgIpc) is 2.06. The van der Waals surface area contributed by atoms with Crippen molar-refractivity contribution in [3.8, 4) is 0 Å². The third-order valence-electron chi connectivity index (χ3n) is 1.95. The quantitative estimate of drug-likeness (QED) is 0.765. The highest BCUT2D eigenvalue weighted by Gasteiger charge is 2.00. The Bertz CT molecular complexity index is 466. The Morgan fingerprint density at radius 1 is 1.31 bits per heavy atom. The van der Waals surface area contributed by atoms with Gasteiger partial charge >= 0.3 is 0 Å². The zero-order chi connectivity index (χ0) is 9.42. The Morgan fingerprint density at radius 3 is 2.85 bits per heavy atom. The van der Waals surface area contributed by atoms with E-state index in [2.05, 4.69) is 20.9 Å². The van der Waals surface area contributed by atoms with E-state index < -0.39 is 0 Å². The van der Waals surface area contributed by atoms with Crippen molar-refractivity contribution in [1.82, 2.24) is 4.98 Å². The van der Waals surface area contributed by atoms with E-state index in [9.17, 15) is 0 Å². The van der Waals surface area contributed by atoms with Gasteiger partial charge in [0.1, 0.15) is 5.82 Å². The predicted molar refractivity (Wildman–Crippen MR) is 58.6 cm³/mol. The molecule has 2 nitrogen and oxygen atoms in total. The third kappa shape index (κ3) is 1.52. The lowest BCUT2D eigenvalue weighted by Crippen LogP contribution is -1.93. The molecule has 0 aliphatic carbocycles. The number of nitrogens with two attached hydrogens (primary N) is 1. The topological polar surface area (TPSA) is 38.9 Å². The van der Waals surface area contributed by atoms with Crippen LogP contribution in [0.15, 0.2) is 28.7 Å². The van der Waals surface area contributed by atoms with E-state index >= 15 is 0 Å². The van der Waals surface area contributed by atoms with Gasteiger partial charge in [-0.1, -0.05) is 22.0 Å². The van der Waals surface area contributed by atoms with Crippen LogP contribution < -0.4 is 5.73 Å². The monoisotopic (exact) mass is 236 g/mol. The lowest BCUT2D eigenvalue weighted by atomic mass is 10.1. The summed E-state index contributed by atoms with van der Waals surface area (Å²) in [5.41, 5.74) is 6.75. The first-order valence-corrected chi connectivity index (χ1v) is 4.78. The van der Waals surface area contributed by atoms with E-state index in [-0.39, 0.29) is 0 Å². The molecule has 2 N–H and O–H groups in total. The van der Waals surface area contributed by atoms with E-state index in [4.69, 9.17) is 5.73 Å². The van der Waals surface area contributed by atoms with Gasteiger partial charge in [0.05, 0.1) is 0 Å². The molecule has 0 saturated heterocycles. The number of hydrogen-bond donors (Lipinski definition) is 1. The van der Waals surface area contributed by atoms with Gasteiger partial charge in [-0.3, -0.25) is 0 Å². The van der Waals surface area contributed by atoms with Crippen LogP contribution in [0.3, 0.4) is 0 Å². The zero-order valence-electron chi connectivity index (χ0n) is 7.21. The van der Waals surface area contributed by atoms with Crippen LogP contribution >= 0.6 is 15.9 Å². The summed E-state index contributed by atoms with van der Waals surface area (Å²) in [6.07, 6.45) is 0. The molecule has 0 unspecified atom stereocenters. The van der Waals surface area contributed by atoms with E-state index in [0.717, 1.165) is 20.9 Å². The minimum atomic E-state index is 0.594. The van der Waals surface area contributed by atoms with Gasteiger partial charge in [0.15, 0.2) is 0 Å². The molecule has 66 valence electrons. The standard InChI is InChI=1S/C10H9BrN2/c1-6-4-7-2-3-8(11)5-9(7)10(12)13-6/h2-5H,1H3,(H2,12,13). The van der Waals surface area contributed by atoms with Gasteiger partial charge < -0.3 is 5.73 Å². The molecule has 1 heterocycles. The molecule has 0 spiro atoms. The molecule has 0 amide bonds. The zero-order valence-corrected chi connectivity index (χ0v) is 8.80. The normalized spacial score (nSPS) is 10.6. The first-order valence-electron chi connectivity index (χ1n) is 3.99. The maximum absolute atomic E-state index is 5.79. The summed E-state index contributed by atoms with van der Waals surface area (Å²) in [7, 11) is 0. The Balaban J connectivity index is 2.87. The minimum absolute atomic E-state index is 0.594. The first kappa shape index (κ1) is 8.51. The number of anilines is 1. The van der Waals surface area contributed by atoms with Crippen molar-refractivity contribution in [2.24, 2.45) is 0 Å². The molecule has 0 aliphatic rings. The molecular formula is C10H9BrN2. The lowest BCUT2D eigenvalue weighted by molar-refractivity contribution is 1.23. The fraction of sp³-hybridized carbons (Fsp3) is 0.100. The Kier molecular flexibility index (Phi) is 1.96. The molecule has 1 aromatic carbocycles. The van der Waals surface area contributed by atoms with Crippen molar-refractivity contribution in [3.63, 3.8) is 0 Å². The molecule has 2 rings (SSSR count). The summed E-state index contributed by atoms with van der Waals surface area (Å²) >= 11 is 3.40. The molecule has 0 fully saturated rings. The van der Waals surface area contributed by atoms with Crippen molar-refractivity contribution in [2.45, 2.75) is 6.92 Å². The van der Waals surface area contributed by atoms with E-state index in [1.807, 2.05) is 31.2 Å². The van der Waals surface area contributed by atoms with Gasteiger partial charge in [-0.15, -0.1) is 0 Å². The Hall–Kier alpha value is -1.09. The largest absolute Gasteiger partial charge is 0.383 e. The second kappa shape index (κ2) is 3.00. The summed E-state index contributed by atoms with van der Waals surface area (Å²) < 4.78 is 1.03. The summed E-state index contributed by atoms with van der Waals surface area (Å²) in [6.45, 7) is 1.94. The summed E-state index contributed by atoms with van der Waals surface area (Å²) in [6, 6.07) is 8.04. The number of hydrogen-bond acceptors (Lipinski definition) is 2. The molecule has 3 heteroatoms. The van der Waals surface area contributed by atoms with Gasteiger partial charge in [-0.05, 0) is 30.5 Å². The summed E-state index contributed by atoms with van der Waals surface area (Å²) in [5.74, 6) is 0.594. The maximum Gasteiger partial charge on any atom is 0.131 e. The number of pyridine rings is 1. The van der Waals surface area contributed by atoms with Crippen LogP contribution in [0, 0.1) is 6.92 Å². The van der Waals surface area contributed by atoms with Gasteiger partial charge in [0.25, 0.3) is 0 Å². The number of fused-ring (bicyclic) bond motifs is 1. The van der Waals surface area contributed by atoms with Crippen LogP contribution in [-0.2, 0) is 0 Å². The Morgan fingerprint density at radius 2 is 2.08 bits per heavy atom. The summed E-state index contributed by atoms with van der Waals surface area (Å²) in [5, 5.41) is 2.13. The number of nitrogens with zero attached hydrogens (tertiary/aromatic N) is 1. The Labute approximate surface area is 84.9 Å². The predicted octanol–water partition coefficient (Wildman–Crippen LogP) is 2.89. The molecule has 0 atom stereocenters. The number of nitrogen functional groups attached to an aromatic ring is 1.